The van der Waals surface area contributed by atoms with Gasteiger partial charge in [-0.1, -0.05) is 0 Å². The second-order valence-corrected chi connectivity index (χ2v) is 7.28. The number of ether oxygens (including phenoxy) is 1. The molecule has 1 fully saturated rings. The number of nitrogens with one attached hydrogen (secondary N) is 1. The first-order chi connectivity index (χ1) is 9.65. The minimum absolute atomic E-state index is 0.0625. The number of hydrogen-bond donors (Lipinski definition) is 2. The number of carbonyl (C=O) groups is 1. The Labute approximate surface area is 129 Å². The fourth-order valence-electron chi connectivity index (χ4n) is 3.00. The first kappa shape index (κ1) is 18.4. The van der Waals surface area contributed by atoms with Crippen LogP contribution in [0.4, 0.5) is 0 Å². The second-order valence-electron chi connectivity index (χ2n) is 7.28. The van der Waals surface area contributed by atoms with Gasteiger partial charge in [0.1, 0.15) is 5.54 Å². The molecule has 0 amide bonds. The lowest BCUT2D eigenvalue weighted by Crippen LogP contribution is -2.52. The third kappa shape index (κ3) is 6.32. The van der Waals surface area contributed by atoms with Gasteiger partial charge in [0.05, 0.1) is 12.2 Å². The summed E-state index contributed by atoms with van der Waals surface area (Å²) in [5.74, 6) is -0.760. The highest BCUT2D eigenvalue weighted by Crippen LogP contribution is 2.19. The van der Waals surface area contributed by atoms with E-state index in [4.69, 9.17) is 4.74 Å². The van der Waals surface area contributed by atoms with Gasteiger partial charge in [0, 0.05) is 19.1 Å². The normalized spacial score (nSPS) is 22.2. The van der Waals surface area contributed by atoms with Crippen molar-refractivity contribution in [2.75, 3.05) is 26.2 Å². The van der Waals surface area contributed by atoms with E-state index in [2.05, 4.69) is 24.1 Å². The summed E-state index contributed by atoms with van der Waals surface area (Å²) in [6.45, 7) is 13.7. The third-order valence-electron chi connectivity index (χ3n) is 3.99. The van der Waals surface area contributed by atoms with Gasteiger partial charge < -0.3 is 9.84 Å². The first-order valence-electron chi connectivity index (χ1n) is 8.02. The highest BCUT2D eigenvalue weighted by atomic mass is 16.5. The number of rotatable bonds is 8. The van der Waals surface area contributed by atoms with Crippen molar-refractivity contribution in [2.45, 2.75) is 71.1 Å². The summed E-state index contributed by atoms with van der Waals surface area (Å²) in [4.78, 5) is 13.9. The lowest BCUT2D eigenvalue weighted by Gasteiger charge is -2.38. The number of morpholine rings is 1. The van der Waals surface area contributed by atoms with E-state index in [1.165, 1.54) is 0 Å². The summed E-state index contributed by atoms with van der Waals surface area (Å²) in [7, 11) is 0. The lowest BCUT2D eigenvalue weighted by atomic mass is 9.93. The molecule has 1 unspecified atom stereocenters. The summed E-state index contributed by atoms with van der Waals surface area (Å²) < 4.78 is 5.70. The zero-order valence-electron chi connectivity index (χ0n) is 14.2. The van der Waals surface area contributed by atoms with Gasteiger partial charge in [-0.2, -0.15) is 0 Å². The summed E-state index contributed by atoms with van der Waals surface area (Å²) in [6, 6.07) is 0.172. The fourth-order valence-corrected chi connectivity index (χ4v) is 3.00. The number of carboxylic acids is 1. The molecular weight excluding hydrogens is 268 g/mol. The molecule has 1 heterocycles. The van der Waals surface area contributed by atoms with E-state index in [1.54, 1.807) is 6.92 Å². The van der Waals surface area contributed by atoms with Crippen LogP contribution in [0.3, 0.4) is 0 Å². The Morgan fingerprint density at radius 1 is 1.43 bits per heavy atom. The molecule has 0 radical (unpaired) electrons. The Balaban J connectivity index is 2.33. The second kappa shape index (κ2) is 7.56. The molecule has 1 rings (SSSR count). The molecule has 0 bridgehead atoms. The molecule has 1 aliphatic rings. The van der Waals surface area contributed by atoms with Crippen molar-refractivity contribution in [2.24, 2.45) is 0 Å². The molecule has 0 saturated carbocycles. The van der Waals surface area contributed by atoms with Crippen LogP contribution < -0.4 is 5.32 Å². The van der Waals surface area contributed by atoms with Gasteiger partial charge in [-0.25, -0.2) is 0 Å². The van der Waals surface area contributed by atoms with Crippen LogP contribution in [0.15, 0.2) is 0 Å². The molecule has 0 aromatic carbocycles. The SMILES string of the molecule is CC(C)NC(C)(CCCCN1CCOC(C)(C)C1)C(=O)O. The van der Waals surface area contributed by atoms with Crippen molar-refractivity contribution in [3.8, 4) is 0 Å². The van der Waals surface area contributed by atoms with Crippen molar-refractivity contribution in [3.05, 3.63) is 0 Å². The highest BCUT2D eigenvalue weighted by molar-refractivity contribution is 5.78. The van der Waals surface area contributed by atoms with Crippen LogP contribution >= 0.6 is 0 Å². The third-order valence-corrected chi connectivity index (χ3v) is 3.99. The van der Waals surface area contributed by atoms with E-state index < -0.39 is 11.5 Å². The maximum atomic E-state index is 11.4. The molecule has 124 valence electrons. The Morgan fingerprint density at radius 3 is 2.62 bits per heavy atom. The van der Waals surface area contributed by atoms with Crippen LogP contribution in [-0.4, -0.2) is 59.4 Å². The number of aliphatic carboxylic acids is 1. The minimum atomic E-state index is -0.821. The number of unbranched alkanes of at least 4 members (excludes halogenated alkanes) is 1. The molecule has 1 atom stereocenters. The van der Waals surface area contributed by atoms with E-state index in [0.717, 1.165) is 39.1 Å². The van der Waals surface area contributed by atoms with Crippen molar-refractivity contribution < 1.29 is 14.6 Å². The van der Waals surface area contributed by atoms with Crippen molar-refractivity contribution in [1.29, 1.82) is 0 Å². The highest BCUT2D eigenvalue weighted by Gasteiger charge is 2.33. The van der Waals surface area contributed by atoms with Gasteiger partial charge in [-0.3, -0.25) is 15.0 Å². The van der Waals surface area contributed by atoms with Crippen LogP contribution in [0.2, 0.25) is 0 Å². The molecular formula is C16H32N2O3. The zero-order chi connectivity index (χ0) is 16.1. The van der Waals surface area contributed by atoms with Gasteiger partial charge in [-0.15, -0.1) is 0 Å². The predicted octanol–water partition coefficient (Wildman–Crippen LogP) is 2.11. The van der Waals surface area contributed by atoms with E-state index >= 15 is 0 Å². The predicted molar refractivity (Wildman–Crippen MR) is 84.6 cm³/mol. The largest absolute Gasteiger partial charge is 0.480 e. The molecule has 0 spiro atoms. The molecule has 2 N–H and O–H groups in total. The van der Waals surface area contributed by atoms with E-state index in [-0.39, 0.29) is 11.6 Å². The zero-order valence-corrected chi connectivity index (χ0v) is 14.2. The average molecular weight is 300 g/mol. The lowest BCUT2D eigenvalue weighted by molar-refractivity contribution is -0.144. The summed E-state index contributed by atoms with van der Waals surface area (Å²) >= 11 is 0. The molecule has 0 aromatic rings. The minimum Gasteiger partial charge on any atom is -0.480 e. The maximum Gasteiger partial charge on any atom is 0.323 e. The summed E-state index contributed by atoms with van der Waals surface area (Å²) in [5.41, 5.74) is -0.883. The number of hydrogen-bond acceptors (Lipinski definition) is 4. The van der Waals surface area contributed by atoms with Gasteiger partial charge in [0.15, 0.2) is 0 Å². The van der Waals surface area contributed by atoms with Gasteiger partial charge in [-0.05, 0) is 60.4 Å². The summed E-state index contributed by atoms with van der Waals surface area (Å²) in [5, 5.41) is 12.6. The Bertz CT molecular complexity index is 344. The van der Waals surface area contributed by atoms with Gasteiger partial charge in [0.2, 0.25) is 0 Å². The van der Waals surface area contributed by atoms with E-state index in [1.807, 2.05) is 13.8 Å². The Hall–Kier alpha value is -0.650. The average Bonchev–Trinajstić information content (AvgIpc) is 2.32. The smallest absolute Gasteiger partial charge is 0.323 e. The van der Waals surface area contributed by atoms with E-state index in [0.29, 0.717) is 6.42 Å². The van der Waals surface area contributed by atoms with Crippen LogP contribution in [0.5, 0.6) is 0 Å². The fraction of sp³-hybridized carbons (Fsp3) is 0.938. The molecule has 0 aliphatic carbocycles. The first-order valence-corrected chi connectivity index (χ1v) is 8.02. The molecule has 1 aliphatic heterocycles. The van der Waals surface area contributed by atoms with E-state index in [9.17, 15) is 9.90 Å². The van der Waals surface area contributed by atoms with Gasteiger partial charge >= 0.3 is 5.97 Å². The van der Waals surface area contributed by atoms with Crippen LogP contribution in [0, 0.1) is 0 Å². The van der Waals surface area contributed by atoms with Crippen LogP contribution in [0.1, 0.15) is 53.9 Å². The number of nitrogens with zero attached hydrogens (tertiary/aromatic N) is 1. The standard InChI is InChI=1S/C16H32N2O3/c1-13(2)17-16(5,14(19)20)8-6-7-9-18-10-11-21-15(3,4)12-18/h13,17H,6-12H2,1-5H3,(H,19,20). The molecule has 21 heavy (non-hydrogen) atoms. The van der Waals surface area contributed by atoms with Crippen molar-refractivity contribution in [1.82, 2.24) is 10.2 Å². The Morgan fingerprint density at radius 2 is 2.10 bits per heavy atom. The number of carboxylic acid groups (broad SMARTS) is 1. The van der Waals surface area contributed by atoms with Crippen LogP contribution in [0.25, 0.3) is 0 Å². The molecule has 5 heteroatoms. The van der Waals surface area contributed by atoms with Gasteiger partial charge in [0.25, 0.3) is 0 Å². The maximum absolute atomic E-state index is 11.4. The monoisotopic (exact) mass is 300 g/mol. The molecule has 5 nitrogen and oxygen atoms in total. The molecule has 1 saturated heterocycles. The Kier molecular flexibility index (Phi) is 6.63. The van der Waals surface area contributed by atoms with Crippen LogP contribution in [-0.2, 0) is 9.53 Å². The van der Waals surface area contributed by atoms with Crippen molar-refractivity contribution in [3.63, 3.8) is 0 Å². The molecule has 0 aromatic heterocycles. The summed E-state index contributed by atoms with van der Waals surface area (Å²) in [6.07, 6.45) is 2.60. The quantitative estimate of drug-likeness (QED) is 0.672. The topological polar surface area (TPSA) is 61.8 Å². The van der Waals surface area contributed by atoms with Crippen molar-refractivity contribution >= 4 is 5.97 Å².